The average molecular weight is 451 g/mol. The van der Waals surface area contributed by atoms with Crippen molar-refractivity contribution in [2.75, 3.05) is 18.5 Å². The van der Waals surface area contributed by atoms with Gasteiger partial charge in [0.2, 0.25) is 0 Å². The first-order valence-corrected chi connectivity index (χ1v) is 11.8. The smallest absolute Gasteiger partial charge is 0.193 e. The first-order valence-electron chi connectivity index (χ1n) is 10.2. The Morgan fingerprint density at radius 1 is 0.968 bits per heavy atom. The summed E-state index contributed by atoms with van der Waals surface area (Å²) >= 11 is 3.38. The highest BCUT2D eigenvalue weighted by Gasteiger charge is 2.17. The van der Waals surface area contributed by atoms with E-state index in [4.69, 9.17) is 9.47 Å². The number of anilines is 2. The van der Waals surface area contributed by atoms with Gasteiger partial charge in [0.05, 0.1) is 15.1 Å². The summed E-state index contributed by atoms with van der Waals surface area (Å²) in [6.45, 7) is 5.18. The van der Waals surface area contributed by atoms with E-state index in [9.17, 15) is 0 Å². The summed E-state index contributed by atoms with van der Waals surface area (Å²) in [4.78, 5) is 15.6. The van der Waals surface area contributed by atoms with Crippen LogP contribution in [-0.4, -0.2) is 28.2 Å². The van der Waals surface area contributed by atoms with Crippen LogP contribution in [0.3, 0.4) is 0 Å². The fourth-order valence-corrected chi connectivity index (χ4v) is 5.60. The molecule has 0 amide bonds. The molecule has 8 heteroatoms. The lowest BCUT2D eigenvalue weighted by Gasteiger charge is -2.14. The molecule has 0 atom stereocenters. The molecule has 4 aromatic heterocycles. The van der Waals surface area contributed by atoms with Crippen LogP contribution in [0.25, 0.3) is 30.9 Å². The van der Waals surface area contributed by atoms with Crippen molar-refractivity contribution in [2.24, 2.45) is 0 Å². The number of thiophene rings is 2. The lowest BCUT2D eigenvalue weighted by Crippen LogP contribution is -2.06. The van der Waals surface area contributed by atoms with Gasteiger partial charge in [0.1, 0.15) is 6.33 Å². The third-order valence-electron chi connectivity index (χ3n) is 4.87. The highest BCUT2D eigenvalue weighted by Crippen LogP contribution is 2.41. The van der Waals surface area contributed by atoms with Crippen LogP contribution < -0.4 is 5.32 Å². The number of H-pyrrole nitrogens is 1. The van der Waals surface area contributed by atoms with Gasteiger partial charge in [-0.05, 0) is 56.3 Å². The van der Waals surface area contributed by atoms with Crippen LogP contribution in [0.5, 0.6) is 0 Å². The van der Waals surface area contributed by atoms with Gasteiger partial charge in [0.25, 0.3) is 0 Å². The molecular formula is C23H22N4O2S2. The largest absolute Gasteiger partial charge is 0.361 e. The van der Waals surface area contributed by atoms with Crippen LogP contribution in [0.4, 0.5) is 11.5 Å². The maximum Gasteiger partial charge on any atom is 0.193 e. The minimum Gasteiger partial charge on any atom is -0.361 e. The molecule has 0 aliphatic heterocycles. The van der Waals surface area contributed by atoms with E-state index >= 15 is 0 Å². The Balaban J connectivity index is 1.45. The average Bonchev–Trinajstić information content (AvgIpc) is 3.52. The van der Waals surface area contributed by atoms with Crippen molar-refractivity contribution in [3.63, 3.8) is 0 Å². The van der Waals surface area contributed by atoms with Crippen LogP contribution in [-0.2, 0) is 9.47 Å². The molecule has 4 heterocycles. The SMILES string of the molecule is CCOC(OCC)c1ccc(-c2cc3ncnc(Nc4ccc5[nH]ccc5c4)c3s2)s1. The summed E-state index contributed by atoms with van der Waals surface area (Å²) in [5.74, 6) is 0.814. The van der Waals surface area contributed by atoms with E-state index in [2.05, 4.69) is 62.7 Å². The normalized spacial score (nSPS) is 11.7. The van der Waals surface area contributed by atoms with Gasteiger partial charge in [-0.25, -0.2) is 9.97 Å². The summed E-state index contributed by atoms with van der Waals surface area (Å²) in [6, 6.07) is 14.6. The van der Waals surface area contributed by atoms with Crippen molar-refractivity contribution < 1.29 is 9.47 Å². The monoisotopic (exact) mass is 450 g/mol. The number of aromatic nitrogens is 3. The molecule has 5 aromatic rings. The minimum atomic E-state index is -0.316. The Hall–Kier alpha value is -2.78. The van der Waals surface area contributed by atoms with Gasteiger partial charge in [0.15, 0.2) is 12.1 Å². The number of benzene rings is 1. The summed E-state index contributed by atoms with van der Waals surface area (Å²) < 4.78 is 12.5. The zero-order valence-electron chi connectivity index (χ0n) is 17.2. The van der Waals surface area contributed by atoms with Crippen molar-refractivity contribution in [3.05, 3.63) is 59.9 Å². The second kappa shape index (κ2) is 8.76. The topological polar surface area (TPSA) is 72.1 Å². The number of hydrogen-bond acceptors (Lipinski definition) is 7. The molecule has 31 heavy (non-hydrogen) atoms. The van der Waals surface area contributed by atoms with Gasteiger partial charge >= 0.3 is 0 Å². The van der Waals surface area contributed by atoms with Gasteiger partial charge in [-0.2, -0.15) is 0 Å². The molecule has 6 nitrogen and oxygen atoms in total. The molecule has 0 spiro atoms. The van der Waals surface area contributed by atoms with Crippen LogP contribution in [0.15, 0.2) is 55.0 Å². The highest BCUT2D eigenvalue weighted by atomic mass is 32.1. The first kappa shape index (κ1) is 20.1. The maximum absolute atomic E-state index is 5.74. The van der Waals surface area contributed by atoms with Crippen LogP contribution in [0.1, 0.15) is 25.0 Å². The number of fused-ring (bicyclic) bond motifs is 2. The molecule has 0 saturated heterocycles. The van der Waals surface area contributed by atoms with Gasteiger partial charge < -0.3 is 19.8 Å². The predicted octanol–water partition coefficient (Wildman–Crippen LogP) is 6.72. The molecule has 0 aliphatic rings. The Morgan fingerprint density at radius 3 is 2.68 bits per heavy atom. The van der Waals surface area contributed by atoms with Crippen molar-refractivity contribution in [1.82, 2.24) is 15.0 Å². The lowest BCUT2D eigenvalue weighted by molar-refractivity contribution is -0.138. The number of nitrogens with one attached hydrogen (secondary N) is 2. The first-order chi connectivity index (χ1) is 15.2. The maximum atomic E-state index is 5.74. The number of rotatable bonds is 8. The van der Waals surface area contributed by atoms with Gasteiger partial charge in [-0.15, -0.1) is 22.7 Å². The van der Waals surface area contributed by atoms with E-state index in [1.807, 2.05) is 20.0 Å². The van der Waals surface area contributed by atoms with Crippen LogP contribution in [0, 0.1) is 0 Å². The third kappa shape index (κ3) is 4.07. The van der Waals surface area contributed by atoms with Crippen molar-refractivity contribution in [3.8, 4) is 9.75 Å². The summed E-state index contributed by atoms with van der Waals surface area (Å²) in [6.07, 6.45) is 3.24. The zero-order valence-corrected chi connectivity index (χ0v) is 18.8. The summed E-state index contributed by atoms with van der Waals surface area (Å²) in [7, 11) is 0. The van der Waals surface area contributed by atoms with E-state index in [1.165, 1.54) is 4.88 Å². The standard InChI is InChI=1S/C23H22N4O2S2/c1-3-28-23(29-4-2)19-8-7-18(30-19)20-12-17-21(31-20)22(26-13-25-17)27-15-5-6-16-14(11-15)9-10-24-16/h5-13,23-24H,3-4H2,1-2H3,(H,25,26,27). The Labute approximate surface area is 187 Å². The van der Waals surface area contributed by atoms with E-state index < -0.39 is 0 Å². The van der Waals surface area contributed by atoms with Crippen molar-refractivity contribution >= 4 is 55.3 Å². The lowest BCUT2D eigenvalue weighted by atomic mass is 10.2. The third-order valence-corrected chi connectivity index (χ3v) is 7.30. The molecule has 0 aliphatic carbocycles. The van der Waals surface area contributed by atoms with Gasteiger partial charge in [-0.3, -0.25) is 0 Å². The Bertz CT molecular complexity index is 1320. The molecule has 0 bridgehead atoms. The van der Waals surface area contributed by atoms with E-state index in [0.717, 1.165) is 42.4 Å². The van der Waals surface area contributed by atoms with Gasteiger partial charge in [0, 0.05) is 45.8 Å². The molecule has 5 rings (SSSR count). The van der Waals surface area contributed by atoms with Crippen molar-refractivity contribution in [1.29, 1.82) is 0 Å². The fourth-order valence-electron chi connectivity index (χ4n) is 3.46. The number of hydrogen-bond donors (Lipinski definition) is 2. The minimum absolute atomic E-state index is 0.316. The summed E-state index contributed by atoms with van der Waals surface area (Å²) in [5.41, 5.74) is 3.04. The number of aromatic amines is 1. The second-order valence-electron chi connectivity index (χ2n) is 6.90. The fraction of sp³-hybridized carbons (Fsp3) is 0.217. The molecular weight excluding hydrogens is 428 g/mol. The Morgan fingerprint density at radius 2 is 1.84 bits per heavy atom. The molecule has 0 saturated carbocycles. The quantitative estimate of drug-likeness (QED) is 0.257. The Kier molecular flexibility index (Phi) is 5.69. The van der Waals surface area contributed by atoms with Crippen LogP contribution in [0.2, 0.25) is 0 Å². The van der Waals surface area contributed by atoms with E-state index in [-0.39, 0.29) is 6.29 Å². The summed E-state index contributed by atoms with van der Waals surface area (Å²) in [5, 5.41) is 4.62. The zero-order chi connectivity index (χ0) is 21.2. The van der Waals surface area contributed by atoms with Crippen molar-refractivity contribution in [2.45, 2.75) is 20.1 Å². The van der Waals surface area contributed by atoms with Crippen LogP contribution >= 0.6 is 22.7 Å². The molecule has 0 unspecified atom stereocenters. The van der Waals surface area contributed by atoms with E-state index in [0.29, 0.717) is 13.2 Å². The number of nitrogens with zero attached hydrogens (tertiary/aromatic N) is 2. The van der Waals surface area contributed by atoms with Gasteiger partial charge in [-0.1, -0.05) is 0 Å². The number of ether oxygens (including phenoxy) is 2. The molecule has 1 aromatic carbocycles. The molecule has 158 valence electrons. The molecule has 2 N–H and O–H groups in total. The predicted molar refractivity (Wildman–Crippen MR) is 128 cm³/mol. The highest BCUT2D eigenvalue weighted by molar-refractivity contribution is 7.26. The second-order valence-corrected chi connectivity index (χ2v) is 9.06. The molecule has 0 fully saturated rings. The molecule has 0 radical (unpaired) electrons. The van der Waals surface area contributed by atoms with E-state index in [1.54, 1.807) is 29.0 Å².